The summed E-state index contributed by atoms with van der Waals surface area (Å²) in [7, 11) is 0. The lowest BCUT2D eigenvalue weighted by molar-refractivity contribution is 1.05. The highest BCUT2D eigenvalue weighted by molar-refractivity contribution is 5.84. The topological polar surface area (TPSA) is 28.7 Å². The zero-order chi connectivity index (χ0) is 10.1. The fourth-order valence-corrected chi connectivity index (χ4v) is 2.05. The second-order valence-corrected chi connectivity index (χ2v) is 3.63. The van der Waals surface area contributed by atoms with Crippen molar-refractivity contribution in [1.29, 1.82) is 0 Å². The van der Waals surface area contributed by atoms with E-state index >= 15 is 0 Å². The molecule has 0 fully saturated rings. The van der Waals surface area contributed by atoms with Crippen LogP contribution in [0.4, 0.5) is 0 Å². The minimum absolute atomic E-state index is 1.04. The Morgan fingerprint density at radius 3 is 2.71 bits per heavy atom. The van der Waals surface area contributed by atoms with Gasteiger partial charge in [-0.2, -0.15) is 0 Å². The molecule has 2 heterocycles. The van der Waals surface area contributed by atoms with Crippen molar-refractivity contribution in [3.8, 4) is 0 Å². The average molecular weight is 188 g/mol. The number of nitrogens with zero attached hydrogens (tertiary/aromatic N) is 1. The highest BCUT2D eigenvalue weighted by Gasteiger charge is 2.09. The van der Waals surface area contributed by atoms with Crippen molar-refractivity contribution in [2.24, 2.45) is 0 Å². The van der Waals surface area contributed by atoms with Gasteiger partial charge in [-0.15, -0.1) is 0 Å². The average Bonchev–Trinajstić information content (AvgIpc) is 2.55. The normalized spacial score (nSPS) is 11.1. The predicted octanol–water partition coefficient (Wildman–Crippen LogP) is 3.00. The van der Waals surface area contributed by atoms with Gasteiger partial charge in [0, 0.05) is 17.3 Å². The van der Waals surface area contributed by atoms with Crippen molar-refractivity contribution in [2.45, 2.75) is 33.6 Å². The van der Waals surface area contributed by atoms with Crippen LogP contribution in [0.1, 0.15) is 30.7 Å². The van der Waals surface area contributed by atoms with Crippen LogP contribution in [0.3, 0.4) is 0 Å². The highest BCUT2D eigenvalue weighted by atomic mass is 14.9. The summed E-state index contributed by atoms with van der Waals surface area (Å²) < 4.78 is 0. The number of rotatable bonds is 2. The Morgan fingerprint density at radius 2 is 2.07 bits per heavy atom. The lowest BCUT2D eigenvalue weighted by Gasteiger charge is -1.99. The SMILES string of the molecule is CCc1[nH]c2nccc(CC)c2c1C. The summed E-state index contributed by atoms with van der Waals surface area (Å²) in [5.41, 5.74) is 5.11. The van der Waals surface area contributed by atoms with Gasteiger partial charge in [0.05, 0.1) is 0 Å². The first-order valence-corrected chi connectivity index (χ1v) is 5.23. The van der Waals surface area contributed by atoms with Crippen LogP contribution in [0.2, 0.25) is 0 Å². The molecule has 74 valence electrons. The van der Waals surface area contributed by atoms with E-state index < -0.39 is 0 Å². The summed E-state index contributed by atoms with van der Waals surface area (Å²) in [5.74, 6) is 0. The number of aromatic nitrogens is 2. The maximum atomic E-state index is 4.36. The lowest BCUT2D eigenvalue weighted by atomic mass is 10.1. The molecule has 2 rings (SSSR count). The molecule has 0 atom stereocenters. The highest BCUT2D eigenvalue weighted by Crippen LogP contribution is 2.24. The molecule has 2 nitrogen and oxygen atoms in total. The maximum Gasteiger partial charge on any atom is 0.137 e. The van der Waals surface area contributed by atoms with E-state index in [4.69, 9.17) is 0 Å². The third-order valence-electron chi connectivity index (χ3n) is 2.87. The molecule has 0 aliphatic carbocycles. The quantitative estimate of drug-likeness (QED) is 0.771. The van der Waals surface area contributed by atoms with Crippen molar-refractivity contribution < 1.29 is 0 Å². The van der Waals surface area contributed by atoms with Crippen LogP contribution in [0.5, 0.6) is 0 Å². The molecule has 0 aliphatic heterocycles. The Morgan fingerprint density at radius 1 is 1.29 bits per heavy atom. The Labute approximate surface area is 84.4 Å². The Bertz CT molecular complexity index is 455. The van der Waals surface area contributed by atoms with E-state index in [1.54, 1.807) is 0 Å². The minimum Gasteiger partial charge on any atom is -0.343 e. The smallest absolute Gasteiger partial charge is 0.137 e. The van der Waals surface area contributed by atoms with Crippen molar-refractivity contribution >= 4 is 11.0 Å². The van der Waals surface area contributed by atoms with Crippen LogP contribution < -0.4 is 0 Å². The van der Waals surface area contributed by atoms with Crippen molar-refractivity contribution in [1.82, 2.24) is 9.97 Å². The zero-order valence-electron chi connectivity index (χ0n) is 9.02. The van der Waals surface area contributed by atoms with Gasteiger partial charge in [0.15, 0.2) is 0 Å². The standard InChI is InChI=1S/C12H16N2/c1-4-9-6-7-13-12-11(9)8(3)10(5-2)14-12/h6-7H,4-5H2,1-3H3,(H,13,14). The van der Waals surface area contributed by atoms with E-state index in [0.29, 0.717) is 0 Å². The molecule has 2 heteroatoms. The number of H-pyrrole nitrogens is 1. The predicted molar refractivity (Wildman–Crippen MR) is 59.6 cm³/mol. The van der Waals surface area contributed by atoms with Gasteiger partial charge in [-0.25, -0.2) is 4.98 Å². The third kappa shape index (κ3) is 1.22. The first kappa shape index (κ1) is 9.25. The summed E-state index contributed by atoms with van der Waals surface area (Å²) in [6.07, 6.45) is 4.00. The van der Waals surface area contributed by atoms with Crippen LogP contribution in [0.15, 0.2) is 12.3 Å². The van der Waals surface area contributed by atoms with Crippen LogP contribution in [-0.4, -0.2) is 9.97 Å². The Balaban J connectivity index is 2.79. The maximum absolute atomic E-state index is 4.36. The van der Waals surface area contributed by atoms with Crippen molar-refractivity contribution in [3.63, 3.8) is 0 Å². The number of aromatic amines is 1. The van der Waals surface area contributed by atoms with E-state index in [1.165, 1.54) is 22.2 Å². The van der Waals surface area contributed by atoms with Gasteiger partial charge in [0.25, 0.3) is 0 Å². The number of pyridine rings is 1. The fourth-order valence-electron chi connectivity index (χ4n) is 2.05. The van der Waals surface area contributed by atoms with E-state index in [1.807, 2.05) is 6.20 Å². The first-order chi connectivity index (χ1) is 6.77. The number of hydrogen-bond donors (Lipinski definition) is 1. The minimum atomic E-state index is 1.04. The molecule has 0 unspecified atom stereocenters. The Kier molecular flexibility index (Phi) is 2.28. The van der Waals surface area contributed by atoms with E-state index in [2.05, 4.69) is 36.8 Å². The molecule has 0 radical (unpaired) electrons. The third-order valence-corrected chi connectivity index (χ3v) is 2.87. The summed E-state index contributed by atoms with van der Waals surface area (Å²) in [6, 6.07) is 2.11. The molecule has 2 aromatic heterocycles. The van der Waals surface area contributed by atoms with Gasteiger partial charge >= 0.3 is 0 Å². The lowest BCUT2D eigenvalue weighted by Crippen LogP contribution is -1.85. The molecule has 0 amide bonds. The van der Waals surface area contributed by atoms with Crippen LogP contribution in [0.25, 0.3) is 11.0 Å². The number of aryl methyl sites for hydroxylation is 3. The number of fused-ring (bicyclic) bond motifs is 1. The van der Waals surface area contributed by atoms with Gasteiger partial charge in [0.2, 0.25) is 0 Å². The molecule has 0 saturated heterocycles. The monoisotopic (exact) mass is 188 g/mol. The van der Waals surface area contributed by atoms with Gasteiger partial charge in [-0.3, -0.25) is 0 Å². The molecule has 0 bridgehead atoms. The zero-order valence-corrected chi connectivity index (χ0v) is 9.02. The van der Waals surface area contributed by atoms with Gasteiger partial charge < -0.3 is 4.98 Å². The van der Waals surface area contributed by atoms with Crippen molar-refractivity contribution in [2.75, 3.05) is 0 Å². The molecule has 2 aromatic rings. The molecule has 14 heavy (non-hydrogen) atoms. The van der Waals surface area contributed by atoms with E-state index in [9.17, 15) is 0 Å². The molecule has 0 spiro atoms. The molecule has 0 saturated carbocycles. The first-order valence-electron chi connectivity index (χ1n) is 5.23. The van der Waals surface area contributed by atoms with E-state index in [0.717, 1.165) is 18.5 Å². The van der Waals surface area contributed by atoms with Gasteiger partial charge in [-0.05, 0) is 37.0 Å². The van der Waals surface area contributed by atoms with Crippen LogP contribution in [0, 0.1) is 6.92 Å². The largest absolute Gasteiger partial charge is 0.343 e. The molecule has 0 aromatic carbocycles. The Hall–Kier alpha value is -1.31. The molecule has 0 aliphatic rings. The van der Waals surface area contributed by atoms with Crippen molar-refractivity contribution in [3.05, 3.63) is 29.1 Å². The summed E-state index contributed by atoms with van der Waals surface area (Å²) in [6.45, 7) is 6.54. The summed E-state index contributed by atoms with van der Waals surface area (Å²) in [5, 5.41) is 1.33. The van der Waals surface area contributed by atoms with E-state index in [-0.39, 0.29) is 0 Å². The number of hydrogen-bond acceptors (Lipinski definition) is 1. The van der Waals surface area contributed by atoms with Crippen LogP contribution in [-0.2, 0) is 12.8 Å². The summed E-state index contributed by atoms with van der Waals surface area (Å²) in [4.78, 5) is 7.74. The summed E-state index contributed by atoms with van der Waals surface area (Å²) >= 11 is 0. The fraction of sp³-hybridized carbons (Fsp3) is 0.417. The molecular weight excluding hydrogens is 172 g/mol. The molecular formula is C12H16N2. The molecule has 1 N–H and O–H groups in total. The van der Waals surface area contributed by atoms with Gasteiger partial charge in [0.1, 0.15) is 5.65 Å². The number of nitrogens with one attached hydrogen (secondary N) is 1. The van der Waals surface area contributed by atoms with Gasteiger partial charge in [-0.1, -0.05) is 13.8 Å². The second kappa shape index (κ2) is 3.45. The van der Waals surface area contributed by atoms with Crippen LogP contribution >= 0.6 is 0 Å². The second-order valence-electron chi connectivity index (χ2n) is 3.63.